The summed E-state index contributed by atoms with van der Waals surface area (Å²) < 4.78 is 4.92. The summed E-state index contributed by atoms with van der Waals surface area (Å²) in [7, 11) is 1.49. The minimum absolute atomic E-state index is 0.0695. The molecule has 1 aromatic carbocycles. The van der Waals surface area contributed by atoms with E-state index in [0.717, 1.165) is 6.07 Å². The van der Waals surface area contributed by atoms with Gasteiger partial charge in [-0.15, -0.1) is 0 Å². The van der Waals surface area contributed by atoms with Gasteiger partial charge in [0.2, 0.25) is 11.8 Å². The zero-order valence-electron chi connectivity index (χ0n) is 11.1. The van der Waals surface area contributed by atoms with Crippen LogP contribution < -0.4 is 15.8 Å². The van der Waals surface area contributed by atoms with E-state index in [1.54, 1.807) is 12.1 Å². The maximum absolute atomic E-state index is 11.1. The molecule has 0 unspecified atom stereocenters. The molecular weight excluding hydrogens is 276 g/mol. The Hall–Kier alpha value is -3.16. The molecule has 0 atom stereocenters. The van der Waals surface area contributed by atoms with Gasteiger partial charge in [0, 0.05) is 17.7 Å². The van der Waals surface area contributed by atoms with Gasteiger partial charge in [0.25, 0.3) is 5.69 Å². The van der Waals surface area contributed by atoms with Crippen LogP contribution >= 0.6 is 0 Å². The fourth-order valence-corrected chi connectivity index (χ4v) is 1.67. The lowest BCUT2D eigenvalue weighted by Crippen LogP contribution is -2.11. The highest BCUT2D eigenvalue weighted by Crippen LogP contribution is 2.28. The molecule has 108 valence electrons. The first-order valence-corrected chi connectivity index (χ1v) is 5.86. The molecule has 8 nitrogen and oxygen atoms in total. The Bertz CT molecular complexity index is 685. The number of hydrogen-bond donors (Lipinski definition) is 2. The smallest absolute Gasteiger partial charge is 0.293 e. The number of nitrogens with one attached hydrogen (secondary N) is 1. The van der Waals surface area contributed by atoms with Gasteiger partial charge in [-0.25, -0.2) is 4.98 Å². The van der Waals surface area contributed by atoms with Gasteiger partial charge in [-0.05, 0) is 18.2 Å². The van der Waals surface area contributed by atoms with Gasteiger partial charge in [-0.1, -0.05) is 0 Å². The van der Waals surface area contributed by atoms with Crippen molar-refractivity contribution in [2.24, 2.45) is 5.73 Å². The zero-order valence-corrected chi connectivity index (χ0v) is 11.1. The molecule has 0 saturated heterocycles. The van der Waals surface area contributed by atoms with E-state index in [9.17, 15) is 14.9 Å². The average molecular weight is 288 g/mol. The number of rotatable bonds is 5. The Morgan fingerprint density at radius 3 is 2.67 bits per heavy atom. The first kappa shape index (κ1) is 14.3. The summed E-state index contributed by atoms with van der Waals surface area (Å²) in [6, 6.07) is 7.24. The number of nitro benzene ring substituents is 1. The fraction of sp³-hybridized carbons (Fsp3) is 0.0769. The number of ether oxygens (including phenoxy) is 1. The van der Waals surface area contributed by atoms with Gasteiger partial charge < -0.3 is 15.8 Å². The van der Waals surface area contributed by atoms with Crippen molar-refractivity contribution in [3.05, 3.63) is 52.2 Å². The van der Waals surface area contributed by atoms with Gasteiger partial charge in [-0.3, -0.25) is 14.9 Å². The SMILES string of the molecule is COc1ccc(Nc2ccc(C(N)=O)cc2[N+](=O)[O-])cn1. The summed E-state index contributed by atoms with van der Waals surface area (Å²) in [5, 5.41) is 13.9. The second-order valence-electron chi connectivity index (χ2n) is 4.07. The third-order valence-electron chi connectivity index (χ3n) is 2.70. The number of carbonyl (C=O) groups is 1. The maximum Gasteiger partial charge on any atom is 0.293 e. The van der Waals surface area contributed by atoms with E-state index in [-0.39, 0.29) is 16.9 Å². The summed E-state index contributed by atoms with van der Waals surface area (Å²) in [6.07, 6.45) is 1.48. The van der Waals surface area contributed by atoms with Crippen molar-refractivity contribution in [2.45, 2.75) is 0 Å². The Labute approximate surface area is 119 Å². The van der Waals surface area contributed by atoms with Crippen molar-refractivity contribution >= 4 is 23.0 Å². The Kier molecular flexibility index (Phi) is 3.98. The van der Waals surface area contributed by atoms with E-state index in [4.69, 9.17) is 10.5 Å². The van der Waals surface area contributed by atoms with E-state index in [1.807, 2.05) is 0 Å². The van der Waals surface area contributed by atoms with Crippen LogP contribution in [0.25, 0.3) is 0 Å². The number of hydrogen-bond acceptors (Lipinski definition) is 6. The van der Waals surface area contributed by atoms with E-state index < -0.39 is 10.8 Å². The molecule has 0 spiro atoms. The molecule has 3 N–H and O–H groups in total. The van der Waals surface area contributed by atoms with Crippen LogP contribution in [0.1, 0.15) is 10.4 Å². The number of methoxy groups -OCH3 is 1. The number of nitrogens with two attached hydrogens (primary N) is 1. The van der Waals surface area contributed by atoms with Crippen molar-refractivity contribution in [3.63, 3.8) is 0 Å². The predicted molar refractivity (Wildman–Crippen MR) is 75.7 cm³/mol. The van der Waals surface area contributed by atoms with Crippen LogP contribution in [0.2, 0.25) is 0 Å². The lowest BCUT2D eigenvalue weighted by Gasteiger charge is -2.08. The first-order valence-electron chi connectivity index (χ1n) is 5.86. The number of pyridine rings is 1. The van der Waals surface area contributed by atoms with Crippen molar-refractivity contribution in [1.82, 2.24) is 4.98 Å². The second-order valence-corrected chi connectivity index (χ2v) is 4.07. The lowest BCUT2D eigenvalue weighted by atomic mass is 10.1. The number of carbonyl (C=O) groups excluding carboxylic acids is 1. The molecule has 0 aliphatic heterocycles. The van der Waals surface area contributed by atoms with Crippen molar-refractivity contribution in [1.29, 1.82) is 0 Å². The molecule has 1 aromatic heterocycles. The van der Waals surface area contributed by atoms with Crippen LogP contribution in [0.3, 0.4) is 0 Å². The third-order valence-corrected chi connectivity index (χ3v) is 2.70. The van der Waals surface area contributed by atoms with Crippen molar-refractivity contribution in [2.75, 3.05) is 12.4 Å². The standard InChI is InChI=1S/C13H12N4O4/c1-21-12-5-3-9(7-15-12)16-10-4-2-8(13(14)18)6-11(10)17(19)20/h2-7,16H,1H3,(H2,14,18). The van der Waals surface area contributed by atoms with Crippen LogP contribution in [-0.2, 0) is 0 Å². The summed E-state index contributed by atoms with van der Waals surface area (Å²) in [5.74, 6) is -0.296. The zero-order chi connectivity index (χ0) is 15.4. The molecule has 8 heteroatoms. The van der Waals surface area contributed by atoms with Crippen LogP contribution in [0, 0.1) is 10.1 Å². The molecule has 2 rings (SSSR count). The molecule has 0 radical (unpaired) electrons. The fourth-order valence-electron chi connectivity index (χ4n) is 1.67. The van der Waals surface area contributed by atoms with Crippen molar-refractivity contribution < 1.29 is 14.5 Å². The molecule has 0 aliphatic carbocycles. The average Bonchev–Trinajstić information content (AvgIpc) is 2.48. The van der Waals surface area contributed by atoms with Crippen molar-refractivity contribution in [3.8, 4) is 5.88 Å². The third kappa shape index (κ3) is 3.24. The van der Waals surface area contributed by atoms with E-state index in [1.165, 1.54) is 25.4 Å². The Morgan fingerprint density at radius 2 is 2.14 bits per heavy atom. The second kappa shape index (κ2) is 5.87. The highest BCUT2D eigenvalue weighted by Gasteiger charge is 2.16. The number of nitro groups is 1. The minimum atomic E-state index is -0.726. The quantitative estimate of drug-likeness (QED) is 0.639. The van der Waals surface area contributed by atoms with Gasteiger partial charge in [-0.2, -0.15) is 0 Å². The molecule has 1 heterocycles. The summed E-state index contributed by atoms with van der Waals surface area (Å²) in [6.45, 7) is 0. The summed E-state index contributed by atoms with van der Waals surface area (Å²) >= 11 is 0. The van der Waals surface area contributed by atoms with E-state index >= 15 is 0 Å². The normalized spacial score (nSPS) is 9.95. The molecule has 0 aliphatic rings. The topological polar surface area (TPSA) is 120 Å². The van der Waals surface area contributed by atoms with E-state index in [0.29, 0.717) is 11.6 Å². The summed E-state index contributed by atoms with van der Waals surface area (Å²) in [4.78, 5) is 25.5. The Balaban J connectivity index is 2.34. The van der Waals surface area contributed by atoms with E-state index in [2.05, 4.69) is 10.3 Å². The van der Waals surface area contributed by atoms with Crippen LogP contribution in [-0.4, -0.2) is 22.9 Å². The number of amides is 1. The molecular formula is C13H12N4O4. The maximum atomic E-state index is 11.1. The molecule has 0 saturated carbocycles. The number of primary amides is 1. The van der Waals surface area contributed by atoms with Crippen LogP contribution in [0.15, 0.2) is 36.5 Å². The lowest BCUT2D eigenvalue weighted by molar-refractivity contribution is -0.383. The van der Waals surface area contributed by atoms with Gasteiger partial charge in [0.15, 0.2) is 0 Å². The highest BCUT2D eigenvalue weighted by molar-refractivity contribution is 5.94. The molecule has 0 bridgehead atoms. The number of anilines is 2. The molecule has 2 aromatic rings. The number of aromatic nitrogens is 1. The summed E-state index contributed by atoms with van der Waals surface area (Å²) in [5.41, 5.74) is 5.71. The monoisotopic (exact) mass is 288 g/mol. The van der Waals surface area contributed by atoms with Gasteiger partial charge >= 0.3 is 0 Å². The van der Waals surface area contributed by atoms with Gasteiger partial charge in [0.05, 0.1) is 23.9 Å². The molecule has 1 amide bonds. The minimum Gasteiger partial charge on any atom is -0.481 e. The highest BCUT2D eigenvalue weighted by atomic mass is 16.6. The Morgan fingerprint density at radius 1 is 1.38 bits per heavy atom. The number of benzene rings is 1. The molecule has 21 heavy (non-hydrogen) atoms. The largest absolute Gasteiger partial charge is 0.481 e. The molecule has 0 fully saturated rings. The van der Waals surface area contributed by atoms with Crippen LogP contribution in [0.5, 0.6) is 5.88 Å². The number of nitrogens with zero attached hydrogens (tertiary/aromatic N) is 2. The van der Waals surface area contributed by atoms with Crippen LogP contribution in [0.4, 0.5) is 17.1 Å². The first-order chi connectivity index (χ1) is 10.0. The predicted octanol–water partition coefficient (Wildman–Crippen LogP) is 1.84. The van der Waals surface area contributed by atoms with Gasteiger partial charge in [0.1, 0.15) is 5.69 Å².